The minimum Gasteiger partial charge on any atom is -0.479 e. The van der Waals surface area contributed by atoms with E-state index in [2.05, 4.69) is 30.4 Å². The van der Waals surface area contributed by atoms with Crippen LogP contribution in [0.3, 0.4) is 0 Å². The molecule has 0 unspecified atom stereocenters. The number of nitrogens with one attached hydrogen (secondary N) is 1. The number of rotatable bonds is 6. The standard InChI is InChI=1S/C22H26ClNO2/c1-3-20(18-13-12-16-8-4-5-9-17(16)14-18)24-22(25)15(2)26-21-11-7-6-10-19(21)23/h6-7,10-15,20H,3-5,8-9H2,1-2H3,(H,24,25)/t15-,20-/m1/s1. The van der Waals surface area contributed by atoms with Gasteiger partial charge < -0.3 is 10.1 Å². The lowest BCUT2D eigenvalue weighted by Gasteiger charge is -2.23. The second kappa shape index (κ2) is 8.59. The van der Waals surface area contributed by atoms with Crippen LogP contribution in [0, 0.1) is 0 Å². The fraction of sp³-hybridized carbons (Fsp3) is 0.409. The van der Waals surface area contributed by atoms with Gasteiger partial charge in [-0.05, 0) is 67.9 Å². The molecule has 0 bridgehead atoms. The van der Waals surface area contributed by atoms with Crippen LogP contribution in [0.2, 0.25) is 5.02 Å². The molecular weight excluding hydrogens is 346 g/mol. The zero-order chi connectivity index (χ0) is 18.5. The normalized spacial score (nSPS) is 15.7. The van der Waals surface area contributed by atoms with Gasteiger partial charge in [0.1, 0.15) is 5.75 Å². The van der Waals surface area contributed by atoms with Gasteiger partial charge in [0, 0.05) is 0 Å². The lowest BCUT2D eigenvalue weighted by Crippen LogP contribution is -2.38. The van der Waals surface area contributed by atoms with Gasteiger partial charge in [0.2, 0.25) is 0 Å². The molecule has 138 valence electrons. The fourth-order valence-corrected chi connectivity index (χ4v) is 3.64. The van der Waals surface area contributed by atoms with E-state index < -0.39 is 6.10 Å². The van der Waals surface area contributed by atoms with E-state index in [1.807, 2.05) is 12.1 Å². The van der Waals surface area contributed by atoms with Gasteiger partial charge in [0.05, 0.1) is 11.1 Å². The number of carbonyl (C=O) groups is 1. The van der Waals surface area contributed by atoms with Gasteiger partial charge in [-0.2, -0.15) is 0 Å². The minimum absolute atomic E-state index is 0.00739. The lowest BCUT2D eigenvalue weighted by atomic mass is 9.89. The molecule has 2 aromatic rings. The quantitative estimate of drug-likeness (QED) is 0.752. The van der Waals surface area contributed by atoms with Crippen LogP contribution in [0.25, 0.3) is 0 Å². The highest BCUT2D eigenvalue weighted by Gasteiger charge is 2.21. The molecule has 3 rings (SSSR count). The van der Waals surface area contributed by atoms with Crippen LogP contribution in [-0.2, 0) is 17.6 Å². The number of benzene rings is 2. The number of fused-ring (bicyclic) bond motifs is 1. The van der Waals surface area contributed by atoms with Crippen molar-refractivity contribution in [2.24, 2.45) is 0 Å². The highest BCUT2D eigenvalue weighted by Crippen LogP contribution is 2.27. The first kappa shape index (κ1) is 18.8. The largest absolute Gasteiger partial charge is 0.479 e. The molecule has 0 saturated carbocycles. The molecule has 0 aliphatic heterocycles. The van der Waals surface area contributed by atoms with Gasteiger partial charge in [-0.15, -0.1) is 0 Å². The predicted molar refractivity (Wildman–Crippen MR) is 106 cm³/mol. The molecule has 4 heteroatoms. The molecule has 2 aromatic carbocycles. The minimum atomic E-state index is -0.610. The Labute approximate surface area is 160 Å². The molecular formula is C22H26ClNO2. The van der Waals surface area contributed by atoms with Gasteiger partial charge in [0.25, 0.3) is 5.91 Å². The van der Waals surface area contributed by atoms with E-state index >= 15 is 0 Å². The number of halogens is 1. The van der Waals surface area contributed by atoms with Crippen LogP contribution in [-0.4, -0.2) is 12.0 Å². The first-order valence-corrected chi connectivity index (χ1v) is 9.79. The molecule has 1 aliphatic rings. The average molecular weight is 372 g/mol. The number of ether oxygens (including phenoxy) is 1. The molecule has 0 saturated heterocycles. The Morgan fingerprint density at radius 1 is 1.15 bits per heavy atom. The predicted octanol–water partition coefficient (Wildman–Crippen LogP) is 5.25. The Balaban J connectivity index is 1.67. The van der Waals surface area contributed by atoms with Crippen molar-refractivity contribution in [1.29, 1.82) is 0 Å². The summed E-state index contributed by atoms with van der Waals surface area (Å²) in [7, 11) is 0. The summed E-state index contributed by atoms with van der Waals surface area (Å²) in [6, 6.07) is 13.8. The van der Waals surface area contributed by atoms with Crippen LogP contribution >= 0.6 is 11.6 Å². The SMILES string of the molecule is CC[C@@H](NC(=O)[C@@H](C)Oc1ccccc1Cl)c1ccc2c(c1)CCCC2. The summed E-state index contributed by atoms with van der Waals surface area (Å²) in [5, 5.41) is 3.63. The second-order valence-electron chi connectivity index (χ2n) is 6.90. The molecule has 0 heterocycles. The fourth-order valence-electron chi connectivity index (χ4n) is 3.46. The molecule has 1 aliphatic carbocycles. The van der Waals surface area contributed by atoms with Gasteiger partial charge in [-0.3, -0.25) is 4.79 Å². The number of hydrogen-bond donors (Lipinski definition) is 1. The number of amides is 1. The molecule has 2 atom stereocenters. The Morgan fingerprint density at radius 2 is 1.88 bits per heavy atom. The third-order valence-corrected chi connectivity index (χ3v) is 5.32. The van der Waals surface area contributed by atoms with E-state index in [1.54, 1.807) is 19.1 Å². The average Bonchev–Trinajstić information content (AvgIpc) is 2.67. The van der Waals surface area contributed by atoms with Crippen molar-refractivity contribution in [2.45, 2.75) is 58.1 Å². The van der Waals surface area contributed by atoms with E-state index in [0.717, 1.165) is 12.8 Å². The van der Waals surface area contributed by atoms with Crippen molar-refractivity contribution in [1.82, 2.24) is 5.32 Å². The summed E-state index contributed by atoms with van der Waals surface area (Å²) in [6.45, 7) is 3.84. The van der Waals surface area contributed by atoms with Crippen molar-refractivity contribution in [3.8, 4) is 5.75 Å². The van der Waals surface area contributed by atoms with E-state index in [-0.39, 0.29) is 11.9 Å². The topological polar surface area (TPSA) is 38.3 Å². The Bertz CT molecular complexity index is 774. The summed E-state index contributed by atoms with van der Waals surface area (Å²) in [6.07, 6.45) is 5.06. The van der Waals surface area contributed by atoms with Crippen molar-refractivity contribution < 1.29 is 9.53 Å². The highest BCUT2D eigenvalue weighted by molar-refractivity contribution is 6.32. The Kier molecular flexibility index (Phi) is 6.20. The lowest BCUT2D eigenvalue weighted by molar-refractivity contribution is -0.128. The summed E-state index contributed by atoms with van der Waals surface area (Å²) in [4.78, 5) is 12.6. The highest BCUT2D eigenvalue weighted by atomic mass is 35.5. The van der Waals surface area contributed by atoms with E-state index in [4.69, 9.17) is 16.3 Å². The Morgan fingerprint density at radius 3 is 2.62 bits per heavy atom. The van der Waals surface area contributed by atoms with Crippen LogP contribution in [0.1, 0.15) is 55.8 Å². The molecule has 0 spiro atoms. The van der Waals surface area contributed by atoms with Crippen LogP contribution in [0.4, 0.5) is 0 Å². The van der Waals surface area contributed by atoms with Crippen LogP contribution in [0.15, 0.2) is 42.5 Å². The molecule has 26 heavy (non-hydrogen) atoms. The number of aryl methyl sites for hydroxylation is 2. The molecule has 0 aromatic heterocycles. The van der Waals surface area contributed by atoms with Gasteiger partial charge in [-0.25, -0.2) is 0 Å². The summed E-state index contributed by atoms with van der Waals surface area (Å²) < 4.78 is 5.73. The molecule has 1 amide bonds. The Hall–Kier alpha value is -2.00. The van der Waals surface area contributed by atoms with Gasteiger partial charge in [0.15, 0.2) is 6.10 Å². The van der Waals surface area contributed by atoms with Crippen LogP contribution in [0.5, 0.6) is 5.75 Å². The summed E-state index contributed by atoms with van der Waals surface area (Å²) in [5.41, 5.74) is 4.06. The third kappa shape index (κ3) is 4.39. The molecule has 1 N–H and O–H groups in total. The van der Waals surface area contributed by atoms with E-state index in [0.29, 0.717) is 10.8 Å². The summed E-state index contributed by atoms with van der Waals surface area (Å²) in [5.74, 6) is 0.396. The third-order valence-electron chi connectivity index (χ3n) is 5.01. The first-order chi connectivity index (χ1) is 12.6. The number of carbonyl (C=O) groups excluding carboxylic acids is 1. The first-order valence-electron chi connectivity index (χ1n) is 9.41. The maximum Gasteiger partial charge on any atom is 0.261 e. The van der Waals surface area contributed by atoms with Crippen LogP contribution < -0.4 is 10.1 Å². The zero-order valence-corrected chi connectivity index (χ0v) is 16.2. The van der Waals surface area contributed by atoms with E-state index in [9.17, 15) is 4.79 Å². The van der Waals surface area contributed by atoms with Gasteiger partial charge in [-0.1, -0.05) is 48.9 Å². The number of para-hydroxylation sites is 1. The summed E-state index contributed by atoms with van der Waals surface area (Å²) >= 11 is 6.11. The molecule has 0 radical (unpaired) electrons. The smallest absolute Gasteiger partial charge is 0.261 e. The van der Waals surface area contributed by atoms with Crippen molar-refractivity contribution in [2.75, 3.05) is 0 Å². The van der Waals surface area contributed by atoms with Crippen molar-refractivity contribution >= 4 is 17.5 Å². The zero-order valence-electron chi connectivity index (χ0n) is 15.4. The van der Waals surface area contributed by atoms with Gasteiger partial charge >= 0.3 is 0 Å². The number of hydrogen-bond acceptors (Lipinski definition) is 2. The molecule has 0 fully saturated rings. The van der Waals surface area contributed by atoms with E-state index in [1.165, 1.54) is 36.0 Å². The van der Waals surface area contributed by atoms with Crippen molar-refractivity contribution in [3.05, 3.63) is 64.2 Å². The molecule has 3 nitrogen and oxygen atoms in total. The maximum atomic E-state index is 12.6. The monoisotopic (exact) mass is 371 g/mol. The second-order valence-corrected chi connectivity index (χ2v) is 7.30. The van der Waals surface area contributed by atoms with Crippen molar-refractivity contribution in [3.63, 3.8) is 0 Å². The maximum absolute atomic E-state index is 12.6.